The Morgan fingerprint density at radius 2 is 1.68 bits per heavy atom. The highest BCUT2D eigenvalue weighted by molar-refractivity contribution is 5.78. The normalized spacial score (nSPS) is 14.6. The summed E-state index contributed by atoms with van der Waals surface area (Å²) in [6, 6.07) is 16.0. The summed E-state index contributed by atoms with van der Waals surface area (Å²) in [6.45, 7) is 4.66. The Labute approximate surface area is 167 Å². The van der Waals surface area contributed by atoms with E-state index in [0.717, 1.165) is 49.7 Å². The molecular weight excluding hydrogens is 354 g/mol. The zero-order chi connectivity index (χ0) is 19.8. The maximum absolute atomic E-state index is 12.3. The Kier molecular flexibility index (Phi) is 7.14. The Morgan fingerprint density at radius 3 is 2.36 bits per heavy atom. The van der Waals surface area contributed by atoms with E-state index in [4.69, 9.17) is 9.47 Å². The molecule has 1 heterocycles. The lowest BCUT2D eigenvalue weighted by atomic mass is 10.1. The fourth-order valence-electron chi connectivity index (χ4n) is 3.46. The van der Waals surface area contributed by atoms with E-state index >= 15 is 0 Å². The van der Waals surface area contributed by atoms with Gasteiger partial charge in [0.25, 0.3) is 0 Å². The van der Waals surface area contributed by atoms with Crippen molar-refractivity contribution in [3.63, 3.8) is 0 Å². The molecular formula is C22H29N3O3. The number of amides is 1. The summed E-state index contributed by atoms with van der Waals surface area (Å²) in [5.74, 6) is 1.81. The first kappa shape index (κ1) is 20.0. The average Bonchev–Trinajstić information content (AvgIpc) is 2.75. The van der Waals surface area contributed by atoms with Gasteiger partial charge in [0, 0.05) is 38.4 Å². The maximum Gasteiger partial charge on any atom is 0.234 e. The van der Waals surface area contributed by atoms with Gasteiger partial charge in [-0.15, -0.1) is 0 Å². The minimum absolute atomic E-state index is 0.0767. The average molecular weight is 383 g/mol. The van der Waals surface area contributed by atoms with Crippen LogP contribution in [0.5, 0.6) is 11.5 Å². The Bertz CT molecular complexity index is 756. The third kappa shape index (κ3) is 5.39. The molecule has 0 aliphatic carbocycles. The summed E-state index contributed by atoms with van der Waals surface area (Å²) in [7, 11) is 3.35. The van der Waals surface area contributed by atoms with Crippen LogP contribution in [0.4, 0.5) is 5.69 Å². The van der Waals surface area contributed by atoms with Gasteiger partial charge in [0.1, 0.15) is 11.5 Å². The van der Waals surface area contributed by atoms with E-state index in [9.17, 15) is 4.79 Å². The highest BCUT2D eigenvalue weighted by Crippen LogP contribution is 2.20. The van der Waals surface area contributed by atoms with Crippen molar-refractivity contribution >= 4 is 11.6 Å². The van der Waals surface area contributed by atoms with Gasteiger partial charge in [0.2, 0.25) is 5.91 Å². The first-order valence-corrected chi connectivity index (χ1v) is 9.69. The Morgan fingerprint density at radius 1 is 0.964 bits per heavy atom. The summed E-state index contributed by atoms with van der Waals surface area (Å²) in [5.41, 5.74) is 2.31. The zero-order valence-electron chi connectivity index (χ0n) is 16.7. The standard InChI is InChI=1S/C22H29N3O3/c1-27-20-9-7-19(8-10-20)25-15-13-24(14-16-25)17-22(26)23-12-11-18-5-3-4-6-21(18)28-2/h3-10H,11-17H2,1-2H3,(H,23,26). The lowest BCUT2D eigenvalue weighted by molar-refractivity contribution is -0.122. The molecule has 0 unspecified atom stereocenters. The predicted molar refractivity (Wildman–Crippen MR) is 111 cm³/mol. The number of para-hydroxylation sites is 1. The number of methoxy groups -OCH3 is 2. The molecule has 150 valence electrons. The molecule has 3 rings (SSSR count). The van der Waals surface area contributed by atoms with Crippen LogP contribution >= 0.6 is 0 Å². The van der Waals surface area contributed by atoms with Crippen molar-refractivity contribution in [1.29, 1.82) is 0 Å². The van der Waals surface area contributed by atoms with Gasteiger partial charge in [-0.1, -0.05) is 18.2 Å². The van der Waals surface area contributed by atoms with Crippen LogP contribution in [-0.2, 0) is 11.2 Å². The molecule has 0 bridgehead atoms. The van der Waals surface area contributed by atoms with Crippen LogP contribution in [0.15, 0.2) is 48.5 Å². The molecule has 6 nitrogen and oxygen atoms in total. The smallest absolute Gasteiger partial charge is 0.234 e. The van der Waals surface area contributed by atoms with E-state index in [-0.39, 0.29) is 5.91 Å². The molecule has 0 aromatic heterocycles. The van der Waals surface area contributed by atoms with Crippen LogP contribution in [0, 0.1) is 0 Å². The van der Waals surface area contributed by atoms with Crippen LogP contribution in [0.1, 0.15) is 5.56 Å². The van der Waals surface area contributed by atoms with Gasteiger partial charge in [-0.05, 0) is 42.3 Å². The van der Waals surface area contributed by atoms with E-state index in [2.05, 4.69) is 27.2 Å². The quantitative estimate of drug-likeness (QED) is 0.757. The van der Waals surface area contributed by atoms with Gasteiger partial charge in [-0.25, -0.2) is 0 Å². The first-order valence-electron chi connectivity index (χ1n) is 9.69. The fourth-order valence-corrected chi connectivity index (χ4v) is 3.46. The van der Waals surface area contributed by atoms with E-state index in [0.29, 0.717) is 13.1 Å². The molecule has 1 amide bonds. The molecule has 1 aliphatic rings. The molecule has 2 aromatic rings. The van der Waals surface area contributed by atoms with Gasteiger partial charge in [0.05, 0.1) is 20.8 Å². The van der Waals surface area contributed by atoms with Crippen molar-refractivity contribution in [3.8, 4) is 11.5 Å². The number of carbonyl (C=O) groups excluding carboxylic acids is 1. The van der Waals surface area contributed by atoms with Crippen molar-refractivity contribution in [2.24, 2.45) is 0 Å². The number of hydrogen-bond donors (Lipinski definition) is 1. The lowest BCUT2D eigenvalue weighted by Gasteiger charge is -2.35. The highest BCUT2D eigenvalue weighted by atomic mass is 16.5. The predicted octanol–water partition coefficient (Wildman–Crippen LogP) is 2.18. The van der Waals surface area contributed by atoms with E-state index in [1.807, 2.05) is 36.4 Å². The number of rotatable bonds is 8. The van der Waals surface area contributed by atoms with Crippen molar-refractivity contribution < 1.29 is 14.3 Å². The number of hydrogen-bond acceptors (Lipinski definition) is 5. The van der Waals surface area contributed by atoms with Gasteiger partial charge in [-0.2, -0.15) is 0 Å². The van der Waals surface area contributed by atoms with Gasteiger partial charge < -0.3 is 19.7 Å². The fraction of sp³-hybridized carbons (Fsp3) is 0.409. The zero-order valence-corrected chi connectivity index (χ0v) is 16.7. The highest BCUT2D eigenvalue weighted by Gasteiger charge is 2.19. The van der Waals surface area contributed by atoms with Crippen molar-refractivity contribution in [2.45, 2.75) is 6.42 Å². The molecule has 1 N–H and O–H groups in total. The molecule has 1 aliphatic heterocycles. The second-order valence-electron chi connectivity index (χ2n) is 6.87. The van der Waals surface area contributed by atoms with Crippen molar-refractivity contribution in [2.75, 3.05) is 58.4 Å². The number of ether oxygens (including phenoxy) is 2. The van der Waals surface area contributed by atoms with Crippen LogP contribution in [0.3, 0.4) is 0 Å². The number of benzene rings is 2. The van der Waals surface area contributed by atoms with E-state index < -0.39 is 0 Å². The number of anilines is 1. The second-order valence-corrected chi connectivity index (χ2v) is 6.87. The van der Waals surface area contributed by atoms with Crippen molar-refractivity contribution in [3.05, 3.63) is 54.1 Å². The Hall–Kier alpha value is -2.73. The molecule has 0 saturated carbocycles. The number of piperazine rings is 1. The van der Waals surface area contributed by atoms with Crippen LogP contribution in [0.25, 0.3) is 0 Å². The molecule has 0 spiro atoms. The van der Waals surface area contributed by atoms with Crippen LogP contribution in [-0.4, -0.2) is 64.3 Å². The third-order valence-corrected chi connectivity index (χ3v) is 5.09. The van der Waals surface area contributed by atoms with Gasteiger partial charge in [-0.3, -0.25) is 9.69 Å². The molecule has 0 atom stereocenters. The van der Waals surface area contributed by atoms with Crippen LogP contribution in [0.2, 0.25) is 0 Å². The summed E-state index contributed by atoms with van der Waals surface area (Å²) in [6.07, 6.45) is 0.765. The largest absolute Gasteiger partial charge is 0.497 e. The topological polar surface area (TPSA) is 54.0 Å². The number of carbonyl (C=O) groups is 1. The monoisotopic (exact) mass is 383 g/mol. The van der Waals surface area contributed by atoms with Gasteiger partial charge in [0.15, 0.2) is 0 Å². The lowest BCUT2D eigenvalue weighted by Crippen LogP contribution is -2.49. The number of nitrogens with zero attached hydrogens (tertiary/aromatic N) is 2. The minimum atomic E-state index is 0.0767. The molecule has 0 radical (unpaired) electrons. The molecule has 6 heteroatoms. The minimum Gasteiger partial charge on any atom is -0.497 e. The summed E-state index contributed by atoms with van der Waals surface area (Å²) >= 11 is 0. The van der Waals surface area contributed by atoms with Gasteiger partial charge >= 0.3 is 0 Å². The molecule has 28 heavy (non-hydrogen) atoms. The number of nitrogens with one attached hydrogen (secondary N) is 1. The second kappa shape index (κ2) is 9.99. The molecule has 1 fully saturated rings. The van der Waals surface area contributed by atoms with Crippen molar-refractivity contribution in [1.82, 2.24) is 10.2 Å². The maximum atomic E-state index is 12.3. The summed E-state index contributed by atoms with van der Waals surface area (Å²) in [5, 5.41) is 3.02. The summed E-state index contributed by atoms with van der Waals surface area (Å²) < 4.78 is 10.6. The Balaban J connectivity index is 1.38. The SMILES string of the molecule is COc1ccc(N2CCN(CC(=O)NCCc3ccccc3OC)CC2)cc1. The molecule has 1 saturated heterocycles. The first-order chi connectivity index (χ1) is 13.7. The van der Waals surface area contributed by atoms with E-state index in [1.54, 1.807) is 14.2 Å². The third-order valence-electron chi connectivity index (χ3n) is 5.09. The van der Waals surface area contributed by atoms with E-state index in [1.165, 1.54) is 5.69 Å². The molecule has 2 aromatic carbocycles. The summed E-state index contributed by atoms with van der Waals surface area (Å²) in [4.78, 5) is 16.8. The van der Waals surface area contributed by atoms with Crippen LogP contribution < -0.4 is 19.7 Å².